The Labute approximate surface area is 106 Å². The summed E-state index contributed by atoms with van der Waals surface area (Å²) in [7, 11) is 0. The number of aliphatic hydroxyl groups excluding tert-OH is 1. The van der Waals surface area contributed by atoms with Gasteiger partial charge in [-0.3, -0.25) is 0 Å². The number of rotatable bonds is 6. The lowest BCUT2D eigenvalue weighted by atomic mass is 10.0. The van der Waals surface area contributed by atoms with Crippen molar-refractivity contribution in [2.24, 2.45) is 5.92 Å². The van der Waals surface area contributed by atoms with Gasteiger partial charge in [-0.15, -0.1) is 0 Å². The standard InChI is InChI=1S/C13H20BrNO/c1-10(2)13(16)7-8-15-9-11-5-3-4-6-12(11)14/h3-6,10,13,15-16H,7-9H2,1-2H3. The van der Waals surface area contributed by atoms with Crippen LogP contribution >= 0.6 is 15.9 Å². The third-order valence-electron chi connectivity index (χ3n) is 2.66. The van der Waals surface area contributed by atoms with Crippen LogP contribution in [0.2, 0.25) is 0 Å². The van der Waals surface area contributed by atoms with E-state index in [1.54, 1.807) is 0 Å². The molecular formula is C13H20BrNO. The summed E-state index contributed by atoms with van der Waals surface area (Å²) < 4.78 is 1.13. The third kappa shape index (κ3) is 4.64. The zero-order valence-electron chi connectivity index (χ0n) is 9.91. The Morgan fingerprint density at radius 2 is 2.00 bits per heavy atom. The molecule has 0 saturated heterocycles. The number of benzene rings is 1. The van der Waals surface area contributed by atoms with E-state index in [1.807, 2.05) is 32.0 Å². The molecule has 1 atom stereocenters. The molecule has 0 aromatic heterocycles. The molecule has 1 aromatic carbocycles. The quantitative estimate of drug-likeness (QED) is 0.788. The van der Waals surface area contributed by atoms with Gasteiger partial charge in [0.2, 0.25) is 0 Å². The summed E-state index contributed by atoms with van der Waals surface area (Å²) in [5, 5.41) is 13.0. The minimum absolute atomic E-state index is 0.202. The van der Waals surface area contributed by atoms with Crippen LogP contribution in [0.3, 0.4) is 0 Å². The highest BCUT2D eigenvalue weighted by atomic mass is 79.9. The molecule has 0 spiro atoms. The van der Waals surface area contributed by atoms with Gasteiger partial charge >= 0.3 is 0 Å². The number of nitrogens with one attached hydrogen (secondary N) is 1. The van der Waals surface area contributed by atoms with Gasteiger partial charge in [0.1, 0.15) is 0 Å². The first-order chi connectivity index (χ1) is 7.61. The minimum atomic E-state index is -0.202. The van der Waals surface area contributed by atoms with E-state index in [2.05, 4.69) is 27.3 Å². The first kappa shape index (κ1) is 13.7. The molecule has 2 N–H and O–H groups in total. The molecule has 3 heteroatoms. The molecule has 0 radical (unpaired) electrons. The zero-order valence-corrected chi connectivity index (χ0v) is 11.5. The molecule has 1 unspecified atom stereocenters. The fourth-order valence-electron chi connectivity index (χ4n) is 1.45. The summed E-state index contributed by atoms with van der Waals surface area (Å²) in [5.74, 6) is 0.338. The number of aliphatic hydroxyl groups is 1. The van der Waals surface area contributed by atoms with Crippen molar-refractivity contribution >= 4 is 15.9 Å². The molecule has 0 saturated carbocycles. The Kier molecular flexibility index (Phi) is 6.03. The predicted molar refractivity (Wildman–Crippen MR) is 71.3 cm³/mol. The molecule has 1 aromatic rings. The van der Waals surface area contributed by atoms with Crippen LogP contribution < -0.4 is 5.32 Å². The van der Waals surface area contributed by atoms with Crippen LogP contribution in [0.5, 0.6) is 0 Å². The number of halogens is 1. The van der Waals surface area contributed by atoms with Crippen LogP contribution in [0, 0.1) is 5.92 Å². The average molecular weight is 286 g/mol. The maximum Gasteiger partial charge on any atom is 0.0575 e. The normalized spacial score (nSPS) is 13.1. The second-order valence-electron chi connectivity index (χ2n) is 4.37. The summed E-state index contributed by atoms with van der Waals surface area (Å²) in [6.07, 6.45) is 0.606. The van der Waals surface area contributed by atoms with E-state index < -0.39 is 0 Å². The molecule has 0 aliphatic carbocycles. The second-order valence-corrected chi connectivity index (χ2v) is 5.22. The van der Waals surface area contributed by atoms with E-state index in [-0.39, 0.29) is 6.10 Å². The van der Waals surface area contributed by atoms with Gasteiger partial charge in [0.15, 0.2) is 0 Å². The summed E-state index contributed by atoms with van der Waals surface area (Å²) in [6.45, 7) is 5.77. The van der Waals surface area contributed by atoms with Gasteiger partial charge in [-0.05, 0) is 30.5 Å². The molecule has 0 heterocycles. The minimum Gasteiger partial charge on any atom is -0.393 e. The van der Waals surface area contributed by atoms with Crippen molar-refractivity contribution in [1.29, 1.82) is 0 Å². The van der Waals surface area contributed by atoms with Crippen molar-refractivity contribution in [3.8, 4) is 0 Å². The molecule has 1 rings (SSSR count). The van der Waals surface area contributed by atoms with Gasteiger partial charge in [-0.1, -0.05) is 48.0 Å². The summed E-state index contributed by atoms with van der Waals surface area (Å²) in [5.41, 5.74) is 1.25. The van der Waals surface area contributed by atoms with Crippen molar-refractivity contribution in [3.63, 3.8) is 0 Å². The van der Waals surface area contributed by atoms with E-state index >= 15 is 0 Å². The maximum atomic E-state index is 9.63. The van der Waals surface area contributed by atoms with Crippen LogP contribution in [-0.2, 0) is 6.54 Å². The molecule has 0 fully saturated rings. The predicted octanol–water partition coefficient (Wildman–Crippen LogP) is 2.95. The van der Waals surface area contributed by atoms with Crippen molar-refractivity contribution in [3.05, 3.63) is 34.3 Å². The highest BCUT2D eigenvalue weighted by molar-refractivity contribution is 9.10. The fourth-order valence-corrected chi connectivity index (χ4v) is 1.87. The SMILES string of the molecule is CC(C)C(O)CCNCc1ccccc1Br. The van der Waals surface area contributed by atoms with Crippen molar-refractivity contribution in [2.45, 2.75) is 32.9 Å². The Morgan fingerprint density at radius 3 is 2.62 bits per heavy atom. The highest BCUT2D eigenvalue weighted by Gasteiger charge is 2.07. The van der Waals surface area contributed by atoms with Gasteiger partial charge < -0.3 is 10.4 Å². The number of hydrogen-bond donors (Lipinski definition) is 2. The van der Waals surface area contributed by atoms with Crippen molar-refractivity contribution in [2.75, 3.05) is 6.54 Å². The largest absolute Gasteiger partial charge is 0.393 e. The molecule has 16 heavy (non-hydrogen) atoms. The average Bonchev–Trinajstić information content (AvgIpc) is 2.26. The van der Waals surface area contributed by atoms with Crippen molar-refractivity contribution < 1.29 is 5.11 Å². The first-order valence-electron chi connectivity index (χ1n) is 5.73. The fraction of sp³-hybridized carbons (Fsp3) is 0.538. The Hall–Kier alpha value is -0.380. The van der Waals surface area contributed by atoms with Crippen molar-refractivity contribution in [1.82, 2.24) is 5.32 Å². The summed E-state index contributed by atoms with van der Waals surface area (Å²) in [6, 6.07) is 8.18. The van der Waals surface area contributed by atoms with E-state index in [0.29, 0.717) is 5.92 Å². The summed E-state index contributed by atoms with van der Waals surface area (Å²) >= 11 is 3.51. The molecular weight excluding hydrogens is 266 g/mol. The Balaban J connectivity index is 2.24. The van der Waals surface area contributed by atoms with Gasteiger partial charge in [0, 0.05) is 11.0 Å². The van der Waals surface area contributed by atoms with E-state index in [0.717, 1.165) is 24.0 Å². The van der Waals surface area contributed by atoms with E-state index in [9.17, 15) is 5.11 Å². The van der Waals surface area contributed by atoms with Crippen LogP contribution in [0.4, 0.5) is 0 Å². The third-order valence-corrected chi connectivity index (χ3v) is 3.43. The van der Waals surface area contributed by atoms with Crippen LogP contribution in [0.1, 0.15) is 25.8 Å². The Morgan fingerprint density at radius 1 is 1.31 bits per heavy atom. The van der Waals surface area contributed by atoms with Gasteiger partial charge in [-0.25, -0.2) is 0 Å². The smallest absolute Gasteiger partial charge is 0.0575 e. The number of hydrogen-bond acceptors (Lipinski definition) is 2. The lowest BCUT2D eigenvalue weighted by molar-refractivity contribution is 0.116. The van der Waals surface area contributed by atoms with Gasteiger partial charge in [0.25, 0.3) is 0 Å². The second kappa shape index (κ2) is 7.05. The zero-order chi connectivity index (χ0) is 12.0. The van der Waals surface area contributed by atoms with E-state index in [1.165, 1.54) is 5.56 Å². The van der Waals surface area contributed by atoms with Gasteiger partial charge in [0.05, 0.1) is 6.10 Å². The van der Waals surface area contributed by atoms with Crippen LogP contribution in [-0.4, -0.2) is 17.8 Å². The van der Waals surface area contributed by atoms with E-state index in [4.69, 9.17) is 0 Å². The highest BCUT2D eigenvalue weighted by Crippen LogP contribution is 2.15. The molecule has 0 amide bonds. The molecule has 90 valence electrons. The molecule has 2 nitrogen and oxygen atoms in total. The molecule has 0 bridgehead atoms. The molecule has 0 aliphatic heterocycles. The first-order valence-corrected chi connectivity index (χ1v) is 6.52. The summed E-state index contributed by atoms with van der Waals surface area (Å²) in [4.78, 5) is 0. The Bertz CT molecular complexity index is 315. The topological polar surface area (TPSA) is 32.3 Å². The van der Waals surface area contributed by atoms with Crippen LogP contribution in [0.25, 0.3) is 0 Å². The lowest BCUT2D eigenvalue weighted by Gasteiger charge is -2.14. The van der Waals surface area contributed by atoms with Crippen LogP contribution in [0.15, 0.2) is 28.7 Å². The lowest BCUT2D eigenvalue weighted by Crippen LogP contribution is -2.23. The monoisotopic (exact) mass is 285 g/mol. The molecule has 0 aliphatic rings. The maximum absolute atomic E-state index is 9.63. The van der Waals surface area contributed by atoms with Gasteiger partial charge in [-0.2, -0.15) is 0 Å².